The summed E-state index contributed by atoms with van der Waals surface area (Å²) < 4.78 is 1.62. The predicted molar refractivity (Wildman–Crippen MR) is 72.5 cm³/mol. The van der Waals surface area contributed by atoms with E-state index in [9.17, 15) is 5.11 Å². The van der Waals surface area contributed by atoms with Crippen molar-refractivity contribution in [2.45, 2.75) is 0 Å². The molecule has 1 heterocycles. The molecule has 0 aliphatic carbocycles. The fourth-order valence-corrected chi connectivity index (χ4v) is 1.97. The first-order valence-corrected chi connectivity index (χ1v) is 6.05. The Morgan fingerprint density at radius 2 is 1.53 bits per heavy atom. The maximum absolute atomic E-state index is 12.1. The second kappa shape index (κ2) is 4.90. The number of nitrogens with zero attached hydrogens (tertiary/aromatic N) is 2. The molecule has 0 fully saturated rings. The summed E-state index contributed by atoms with van der Waals surface area (Å²) in [5, 5.41) is 17.3. The van der Waals surface area contributed by atoms with Crippen LogP contribution in [0.2, 0.25) is 0 Å². The van der Waals surface area contributed by atoms with Gasteiger partial charge >= 0.3 is 0 Å². The molecular weight excluding hydrogens is 236 g/mol. The molecule has 3 heteroatoms. The van der Waals surface area contributed by atoms with E-state index < -0.39 is 0 Å². The van der Waals surface area contributed by atoms with Crippen LogP contribution in [0.5, 0.6) is 0 Å². The van der Waals surface area contributed by atoms with Gasteiger partial charge < -0.3 is 5.11 Å². The van der Waals surface area contributed by atoms with Crippen molar-refractivity contribution in [2.24, 2.45) is 5.10 Å². The molecule has 0 saturated heterocycles. The molecule has 3 aromatic rings. The molecule has 1 aromatic heterocycles. The first kappa shape index (κ1) is 11.4. The molecule has 3 nitrogen and oxygen atoms in total. The minimum atomic E-state index is -0.248. The predicted octanol–water partition coefficient (Wildman–Crippen LogP) is 1.70. The number of benzene rings is 2. The zero-order chi connectivity index (χ0) is 13.1. The molecule has 0 aliphatic rings. The smallest absolute Gasteiger partial charge is 0.245 e. The molecule has 19 heavy (non-hydrogen) atoms. The van der Waals surface area contributed by atoms with Gasteiger partial charge in [0.1, 0.15) is 0 Å². The summed E-state index contributed by atoms with van der Waals surface area (Å²) in [4.78, 5) is 0. The van der Waals surface area contributed by atoms with Gasteiger partial charge in [-0.15, -0.1) is 0 Å². The van der Waals surface area contributed by atoms with E-state index in [2.05, 4.69) is 5.10 Å². The molecule has 0 atom stereocenters. The van der Waals surface area contributed by atoms with Gasteiger partial charge in [0.2, 0.25) is 11.7 Å². The number of hydrogen-bond donors (Lipinski definition) is 0. The average molecular weight is 248 g/mol. The van der Waals surface area contributed by atoms with Crippen molar-refractivity contribution >= 4 is 16.8 Å². The summed E-state index contributed by atoms with van der Waals surface area (Å²) in [6, 6.07) is 20.8. The molecule has 92 valence electrons. The van der Waals surface area contributed by atoms with Crippen LogP contribution in [0.3, 0.4) is 0 Å². The molecular formula is C16H12N2O. The van der Waals surface area contributed by atoms with Crippen LogP contribution < -0.4 is 9.78 Å². The van der Waals surface area contributed by atoms with E-state index in [4.69, 9.17) is 0 Å². The number of rotatable bonds is 2. The molecule has 0 amide bonds. The van der Waals surface area contributed by atoms with Crippen molar-refractivity contribution in [2.75, 3.05) is 0 Å². The lowest BCUT2D eigenvalue weighted by Gasteiger charge is -2.06. The van der Waals surface area contributed by atoms with Gasteiger partial charge in [0.25, 0.3) is 0 Å². The quantitative estimate of drug-likeness (QED) is 0.386. The minimum absolute atomic E-state index is 0.248. The van der Waals surface area contributed by atoms with E-state index >= 15 is 0 Å². The molecule has 0 radical (unpaired) electrons. The van der Waals surface area contributed by atoms with E-state index in [1.807, 2.05) is 54.6 Å². The Bertz CT molecular complexity index is 731. The van der Waals surface area contributed by atoms with Crippen LogP contribution in [0, 0.1) is 0 Å². The Morgan fingerprint density at radius 3 is 2.37 bits per heavy atom. The molecule has 0 N–H and O–H groups in total. The summed E-state index contributed by atoms with van der Waals surface area (Å²) >= 11 is 0. The van der Waals surface area contributed by atoms with Crippen LogP contribution in [0.25, 0.3) is 10.9 Å². The van der Waals surface area contributed by atoms with Gasteiger partial charge in [-0.25, -0.2) is 0 Å². The normalized spacial score (nSPS) is 11.7. The SMILES string of the molecule is [O-]/C(=N\[n+]1cccc2ccccc21)c1ccccc1. The lowest BCUT2D eigenvalue weighted by Crippen LogP contribution is -2.34. The van der Waals surface area contributed by atoms with E-state index in [0.717, 1.165) is 10.9 Å². The fourth-order valence-electron chi connectivity index (χ4n) is 1.97. The topological polar surface area (TPSA) is 39.3 Å². The largest absolute Gasteiger partial charge is 0.854 e. The zero-order valence-electron chi connectivity index (χ0n) is 10.2. The summed E-state index contributed by atoms with van der Waals surface area (Å²) in [6.07, 6.45) is 1.78. The van der Waals surface area contributed by atoms with E-state index in [0.29, 0.717) is 5.56 Å². The van der Waals surface area contributed by atoms with Crippen LogP contribution >= 0.6 is 0 Å². The molecule has 0 bridgehead atoms. The molecule has 2 aromatic carbocycles. The average Bonchev–Trinajstić information content (AvgIpc) is 2.48. The van der Waals surface area contributed by atoms with Crippen LogP contribution in [-0.2, 0) is 0 Å². The number of pyridine rings is 1. The van der Waals surface area contributed by atoms with Gasteiger partial charge in [-0.1, -0.05) is 47.1 Å². The first-order valence-electron chi connectivity index (χ1n) is 6.05. The van der Waals surface area contributed by atoms with Gasteiger partial charge in [-0.2, -0.15) is 0 Å². The van der Waals surface area contributed by atoms with Crippen LogP contribution in [0.15, 0.2) is 78.0 Å². The fraction of sp³-hybridized carbons (Fsp3) is 0. The van der Waals surface area contributed by atoms with Crippen molar-refractivity contribution < 1.29 is 9.78 Å². The van der Waals surface area contributed by atoms with Gasteiger partial charge in [0.05, 0.1) is 5.90 Å². The molecule has 0 aliphatic heterocycles. The van der Waals surface area contributed by atoms with Crippen molar-refractivity contribution in [3.8, 4) is 0 Å². The van der Waals surface area contributed by atoms with Crippen molar-refractivity contribution in [1.82, 2.24) is 0 Å². The zero-order valence-corrected chi connectivity index (χ0v) is 10.2. The molecule has 0 saturated carbocycles. The highest BCUT2D eigenvalue weighted by molar-refractivity contribution is 5.90. The highest BCUT2D eigenvalue weighted by Gasteiger charge is 2.06. The second-order valence-corrected chi connectivity index (χ2v) is 4.18. The summed E-state index contributed by atoms with van der Waals surface area (Å²) in [6.45, 7) is 0. The summed E-state index contributed by atoms with van der Waals surface area (Å²) in [5.41, 5.74) is 1.50. The third-order valence-electron chi connectivity index (χ3n) is 2.91. The Kier molecular flexibility index (Phi) is 2.94. The lowest BCUT2D eigenvalue weighted by molar-refractivity contribution is -0.655. The Labute approximate surface area is 111 Å². The minimum Gasteiger partial charge on any atom is -0.854 e. The van der Waals surface area contributed by atoms with Gasteiger partial charge in [-0.05, 0) is 22.8 Å². The third-order valence-corrected chi connectivity index (χ3v) is 2.91. The molecule has 3 rings (SSSR count). The summed E-state index contributed by atoms with van der Waals surface area (Å²) in [5.74, 6) is -0.248. The highest BCUT2D eigenvalue weighted by Crippen LogP contribution is 2.07. The highest BCUT2D eigenvalue weighted by atomic mass is 16.3. The van der Waals surface area contributed by atoms with Gasteiger partial charge in [0, 0.05) is 17.5 Å². The number of fused-ring (bicyclic) bond motifs is 1. The van der Waals surface area contributed by atoms with Crippen molar-refractivity contribution in [1.29, 1.82) is 0 Å². The Morgan fingerprint density at radius 1 is 0.842 bits per heavy atom. The van der Waals surface area contributed by atoms with Crippen molar-refractivity contribution in [3.63, 3.8) is 0 Å². The van der Waals surface area contributed by atoms with Crippen LogP contribution in [0.4, 0.5) is 0 Å². The van der Waals surface area contributed by atoms with E-state index in [-0.39, 0.29) is 5.90 Å². The van der Waals surface area contributed by atoms with Crippen molar-refractivity contribution in [3.05, 3.63) is 78.5 Å². The molecule has 0 unspecified atom stereocenters. The maximum Gasteiger partial charge on any atom is 0.245 e. The monoisotopic (exact) mass is 248 g/mol. The standard InChI is InChI=1S/C16H12N2O/c19-16(14-8-2-1-3-9-14)17-18-12-6-10-13-7-4-5-11-15(13)18/h1-12H. The Hall–Kier alpha value is -2.68. The number of para-hydroxylation sites is 1. The van der Waals surface area contributed by atoms with E-state index in [1.165, 1.54) is 0 Å². The number of aromatic nitrogens is 1. The Balaban J connectivity index is 2.11. The van der Waals surface area contributed by atoms with E-state index in [1.54, 1.807) is 23.0 Å². The van der Waals surface area contributed by atoms with Crippen LogP contribution in [0.1, 0.15) is 5.56 Å². The van der Waals surface area contributed by atoms with Gasteiger partial charge in [0.15, 0.2) is 0 Å². The third kappa shape index (κ3) is 2.31. The first-order chi connectivity index (χ1) is 9.34. The number of hydrogen-bond acceptors (Lipinski definition) is 2. The maximum atomic E-state index is 12.1. The van der Waals surface area contributed by atoms with Crippen LogP contribution in [-0.4, -0.2) is 5.90 Å². The second-order valence-electron chi connectivity index (χ2n) is 4.18. The summed E-state index contributed by atoms with van der Waals surface area (Å²) in [7, 11) is 0. The lowest BCUT2D eigenvalue weighted by atomic mass is 10.2. The molecule has 0 spiro atoms. The van der Waals surface area contributed by atoms with Gasteiger partial charge in [-0.3, -0.25) is 0 Å².